The molecule has 3 fully saturated rings. The minimum atomic E-state index is -0.138. The minimum absolute atomic E-state index is 0.124. The normalized spacial score (nSPS) is 26.1. The van der Waals surface area contributed by atoms with Crippen molar-refractivity contribution in [3.63, 3.8) is 0 Å². The molecule has 0 bridgehead atoms. The lowest BCUT2D eigenvalue weighted by molar-refractivity contribution is 0.0246. The van der Waals surface area contributed by atoms with Gasteiger partial charge in [0.05, 0.1) is 0 Å². The lowest BCUT2D eigenvalue weighted by Crippen LogP contribution is -2.54. The zero-order valence-corrected chi connectivity index (χ0v) is 15.2. The topological polar surface area (TPSA) is 24.5 Å². The van der Waals surface area contributed by atoms with Crippen LogP contribution in [-0.2, 0) is 10.3 Å². The van der Waals surface area contributed by atoms with Crippen LogP contribution in [0.25, 0.3) is 0 Å². The Kier molecular flexibility index (Phi) is 5.39. The third-order valence-electron chi connectivity index (χ3n) is 6.57. The highest BCUT2D eigenvalue weighted by atomic mass is 19.1. The van der Waals surface area contributed by atoms with E-state index in [1.807, 2.05) is 6.07 Å². The molecule has 1 aromatic rings. The highest BCUT2D eigenvalue weighted by Crippen LogP contribution is 2.35. The molecule has 0 atom stereocenters. The van der Waals surface area contributed by atoms with Gasteiger partial charge in [0.2, 0.25) is 0 Å². The number of piperidine rings is 1. The number of nitrogens with one attached hydrogen (secondary N) is 1. The highest BCUT2D eigenvalue weighted by molar-refractivity contribution is 5.26. The Hall–Kier alpha value is -0.970. The Morgan fingerprint density at radius 2 is 1.76 bits per heavy atom. The Morgan fingerprint density at radius 1 is 1.04 bits per heavy atom. The molecule has 3 aliphatic rings. The number of halogens is 1. The second-order valence-corrected chi connectivity index (χ2v) is 8.10. The van der Waals surface area contributed by atoms with Gasteiger partial charge in [-0.2, -0.15) is 0 Å². The summed E-state index contributed by atoms with van der Waals surface area (Å²) in [5.74, 6) is -0.138. The van der Waals surface area contributed by atoms with E-state index in [-0.39, 0.29) is 11.4 Å². The quantitative estimate of drug-likeness (QED) is 0.897. The second kappa shape index (κ2) is 7.73. The Morgan fingerprint density at radius 3 is 2.44 bits per heavy atom. The van der Waals surface area contributed by atoms with Crippen molar-refractivity contribution < 1.29 is 9.13 Å². The smallest absolute Gasteiger partial charge is 0.123 e. The van der Waals surface area contributed by atoms with E-state index in [4.69, 9.17) is 4.74 Å². The van der Waals surface area contributed by atoms with E-state index in [1.54, 1.807) is 6.07 Å². The van der Waals surface area contributed by atoms with Gasteiger partial charge in [0.1, 0.15) is 5.82 Å². The zero-order valence-electron chi connectivity index (χ0n) is 15.2. The van der Waals surface area contributed by atoms with Crippen LogP contribution in [0.15, 0.2) is 24.3 Å². The summed E-state index contributed by atoms with van der Waals surface area (Å²) >= 11 is 0. The third-order valence-corrected chi connectivity index (χ3v) is 6.57. The fourth-order valence-electron chi connectivity index (χ4n) is 5.09. The van der Waals surface area contributed by atoms with Gasteiger partial charge in [-0.3, -0.25) is 0 Å². The van der Waals surface area contributed by atoms with E-state index in [0.717, 1.165) is 37.7 Å². The van der Waals surface area contributed by atoms with Crippen LogP contribution < -0.4 is 5.32 Å². The molecule has 3 nitrogen and oxygen atoms in total. The maximum Gasteiger partial charge on any atom is 0.123 e. The van der Waals surface area contributed by atoms with E-state index >= 15 is 0 Å². The minimum Gasteiger partial charge on any atom is -0.381 e. The van der Waals surface area contributed by atoms with Crippen LogP contribution in [0.4, 0.5) is 4.39 Å². The van der Waals surface area contributed by atoms with E-state index in [2.05, 4.69) is 16.3 Å². The van der Waals surface area contributed by atoms with Crippen molar-refractivity contribution in [2.75, 3.05) is 26.3 Å². The molecule has 1 N–H and O–H groups in total. The van der Waals surface area contributed by atoms with Crippen LogP contribution in [0.3, 0.4) is 0 Å². The van der Waals surface area contributed by atoms with Crippen molar-refractivity contribution in [2.45, 2.75) is 69.0 Å². The van der Waals surface area contributed by atoms with Gasteiger partial charge in [0, 0.05) is 30.8 Å². The van der Waals surface area contributed by atoms with Gasteiger partial charge in [-0.25, -0.2) is 4.39 Å². The van der Waals surface area contributed by atoms with Crippen LogP contribution in [0.2, 0.25) is 0 Å². The molecule has 0 spiro atoms. The molecule has 4 rings (SSSR count). The lowest BCUT2D eigenvalue weighted by atomic mass is 9.81. The summed E-state index contributed by atoms with van der Waals surface area (Å²) in [6.45, 7) is 3.92. The number of hydrogen-bond acceptors (Lipinski definition) is 3. The Balaban J connectivity index is 1.43. The third kappa shape index (κ3) is 3.91. The predicted octanol–water partition coefficient (Wildman–Crippen LogP) is 3.83. The van der Waals surface area contributed by atoms with Crippen molar-refractivity contribution in [3.05, 3.63) is 35.6 Å². The van der Waals surface area contributed by atoms with Gasteiger partial charge in [0.15, 0.2) is 0 Å². The lowest BCUT2D eigenvalue weighted by Gasteiger charge is -2.44. The standard InChI is InChI=1S/C21H31FN2O/c22-18-5-3-4-17(16-18)21(10-14-25-15-11-21)23-19-8-12-24(13-9-19)20-6-1-2-7-20/h3-5,16,19-20,23H,1-2,6-15H2. The Bertz CT molecular complexity index is 559. The molecule has 0 amide bonds. The number of likely N-dealkylation sites (tertiary alicyclic amines) is 1. The van der Waals surface area contributed by atoms with Crippen molar-refractivity contribution >= 4 is 0 Å². The van der Waals surface area contributed by atoms with Crippen molar-refractivity contribution in [1.29, 1.82) is 0 Å². The van der Waals surface area contributed by atoms with Crippen LogP contribution in [0.5, 0.6) is 0 Å². The number of hydrogen-bond donors (Lipinski definition) is 1. The molecule has 138 valence electrons. The summed E-state index contributed by atoms with van der Waals surface area (Å²) in [4.78, 5) is 2.71. The summed E-state index contributed by atoms with van der Waals surface area (Å²) < 4.78 is 19.4. The molecule has 2 aliphatic heterocycles. The van der Waals surface area contributed by atoms with E-state index in [9.17, 15) is 4.39 Å². The van der Waals surface area contributed by atoms with Gasteiger partial charge in [0.25, 0.3) is 0 Å². The highest BCUT2D eigenvalue weighted by Gasteiger charge is 2.37. The van der Waals surface area contributed by atoms with Crippen LogP contribution in [0.1, 0.15) is 56.9 Å². The fourth-order valence-corrected chi connectivity index (χ4v) is 5.09. The van der Waals surface area contributed by atoms with Crippen molar-refractivity contribution in [3.8, 4) is 0 Å². The van der Waals surface area contributed by atoms with Gasteiger partial charge >= 0.3 is 0 Å². The summed E-state index contributed by atoms with van der Waals surface area (Å²) in [5, 5.41) is 3.95. The van der Waals surface area contributed by atoms with Crippen LogP contribution >= 0.6 is 0 Å². The average Bonchev–Trinajstić information content (AvgIpc) is 3.18. The molecule has 0 radical (unpaired) electrons. The monoisotopic (exact) mass is 346 g/mol. The van der Waals surface area contributed by atoms with Gasteiger partial charge < -0.3 is 15.0 Å². The number of ether oxygens (including phenoxy) is 1. The van der Waals surface area contributed by atoms with Crippen LogP contribution in [0, 0.1) is 5.82 Å². The first kappa shape index (κ1) is 17.4. The summed E-state index contributed by atoms with van der Waals surface area (Å²) in [5.41, 5.74) is 0.967. The van der Waals surface area contributed by atoms with Crippen molar-refractivity contribution in [2.24, 2.45) is 0 Å². The number of rotatable bonds is 4. The molecule has 2 saturated heterocycles. The van der Waals surface area contributed by atoms with E-state index in [1.165, 1.54) is 57.7 Å². The van der Waals surface area contributed by atoms with Gasteiger partial charge in [-0.1, -0.05) is 25.0 Å². The van der Waals surface area contributed by atoms with Crippen molar-refractivity contribution in [1.82, 2.24) is 10.2 Å². The molecule has 1 aliphatic carbocycles. The number of nitrogens with zero attached hydrogens (tertiary/aromatic N) is 1. The molecule has 4 heteroatoms. The fraction of sp³-hybridized carbons (Fsp3) is 0.714. The zero-order chi connectivity index (χ0) is 17.1. The largest absolute Gasteiger partial charge is 0.381 e. The molecule has 2 heterocycles. The first-order valence-corrected chi connectivity index (χ1v) is 10.1. The first-order valence-electron chi connectivity index (χ1n) is 10.1. The molecule has 0 aromatic heterocycles. The maximum absolute atomic E-state index is 13.8. The van der Waals surface area contributed by atoms with E-state index < -0.39 is 0 Å². The van der Waals surface area contributed by atoms with Gasteiger partial charge in [-0.05, 0) is 69.3 Å². The predicted molar refractivity (Wildman–Crippen MR) is 98.1 cm³/mol. The molecular weight excluding hydrogens is 315 g/mol. The molecule has 1 aromatic carbocycles. The SMILES string of the molecule is Fc1cccc(C2(NC3CCN(C4CCCC4)CC3)CCOCC2)c1. The number of benzene rings is 1. The summed E-state index contributed by atoms with van der Waals surface area (Å²) in [6.07, 6.45) is 9.86. The molecule has 0 unspecified atom stereocenters. The van der Waals surface area contributed by atoms with E-state index in [0.29, 0.717) is 6.04 Å². The summed E-state index contributed by atoms with van der Waals surface area (Å²) in [6, 6.07) is 8.53. The molecule has 1 saturated carbocycles. The first-order chi connectivity index (χ1) is 12.3. The molecular formula is C21H31FN2O. The maximum atomic E-state index is 13.8. The van der Waals surface area contributed by atoms with Crippen LogP contribution in [-0.4, -0.2) is 43.3 Å². The Labute approximate surface area is 150 Å². The van der Waals surface area contributed by atoms with Gasteiger partial charge in [-0.15, -0.1) is 0 Å². The summed E-state index contributed by atoms with van der Waals surface area (Å²) in [7, 11) is 0. The average molecular weight is 346 g/mol. The second-order valence-electron chi connectivity index (χ2n) is 8.10. The molecule has 25 heavy (non-hydrogen) atoms.